The quantitative estimate of drug-likeness (QED) is 0.655. The summed E-state index contributed by atoms with van der Waals surface area (Å²) in [4.78, 5) is 11.7. The Kier molecular flexibility index (Phi) is 4.57. The van der Waals surface area contributed by atoms with Crippen molar-refractivity contribution in [2.24, 2.45) is 0 Å². The lowest BCUT2D eigenvalue weighted by atomic mass is 10.2. The van der Waals surface area contributed by atoms with E-state index in [1.165, 1.54) is 11.9 Å². The molecule has 1 aromatic carbocycles. The lowest BCUT2D eigenvalue weighted by molar-refractivity contribution is 0.313. The maximum Gasteiger partial charge on any atom is 0.228 e. The van der Waals surface area contributed by atoms with Gasteiger partial charge in [-0.15, -0.1) is 0 Å². The number of anilines is 1. The van der Waals surface area contributed by atoms with Gasteiger partial charge in [0.15, 0.2) is 0 Å². The Balaban J connectivity index is 1.74. The van der Waals surface area contributed by atoms with Gasteiger partial charge in [0.25, 0.3) is 0 Å². The minimum Gasteiger partial charge on any atom is -0.477 e. The predicted molar refractivity (Wildman–Crippen MR) is 92.8 cm³/mol. The standard InChI is InChI=1S/C18H20N4O/c1-13(2)10-19-15-11-20-17-16(15)18(22-12-21-17)23-9-8-14-6-4-3-5-7-14/h3-7,11-12,19H,1,8-10H2,2H3,(H,20,21,22). The predicted octanol–water partition coefficient (Wildman–Crippen LogP) is 3.57. The van der Waals surface area contributed by atoms with E-state index in [4.69, 9.17) is 4.74 Å². The van der Waals surface area contributed by atoms with Crippen LogP contribution in [0.2, 0.25) is 0 Å². The second-order valence-corrected chi connectivity index (χ2v) is 5.50. The first kappa shape index (κ1) is 15.1. The van der Waals surface area contributed by atoms with E-state index in [1.807, 2.05) is 31.3 Å². The Morgan fingerprint density at radius 1 is 1.26 bits per heavy atom. The maximum absolute atomic E-state index is 5.90. The smallest absolute Gasteiger partial charge is 0.228 e. The molecule has 23 heavy (non-hydrogen) atoms. The van der Waals surface area contributed by atoms with Crippen LogP contribution in [0.4, 0.5) is 5.69 Å². The molecule has 2 heterocycles. The zero-order valence-electron chi connectivity index (χ0n) is 13.2. The summed E-state index contributed by atoms with van der Waals surface area (Å²) in [5, 5.41) is 4.20. The molecule has 0 spiro atoms. The summed E-state index contributed by atoms with van der Waals surface area (Å²) < 4.78 is 5.90. The van der Waals surface area contributed by atoms with Crippen molar-refractivity contribution < 1.29 is 4.74 Å². The minimum atomic E-state index is 0.571. The molecule has 0 saturated carbocycles. The number of fused-ring (bicyclic) bond motifs is 1. The molecule has 0 saturated heterocycles. The number of hydrogen-bond acceptors (Lipinski definition) is 4. The van der Waals surface area contributed by atoms with E-state index in [1.54, 1.807) is 0 Å². The molecule has 0 radical (unpaired) electrons. The number of aromatic amines is 1. The largest absolute Gasteiger partial charge is 0.477 e. The van der Waals surface area contributed by atoms with Crippen LogP contribution in [0.25, 0.3) is 11.0 Å². The summed E-state index contributed by atoms with van der Waals surface area (Å²) in [6, 6.07) is 10.3. The summed E-state index contributed by atoms with van der Waals surface area (Å²) in [6.07, 6.45) is 4.23. The van der Waals surface area contributed by atoms with Crippen molar-refractivity contribution in [1.82, 2.24) is 15.0 Å². The van der Waals surface area contributed by atoms with Crippen LogP contribution >= 0.6 is 0 Å². The molecule has 2 N–H and O–H groups in total. The SMILES string of the molecule is C=C(C)CNc1c[nH]c2ncnc(OCCc3ccccc3)c12. The van der Waals surface area contributed by atoms with Crippen molar-refractivity contribution >= 4 is 16.7 Å². The topological polar surface area (TPSA) is 62.8 Å². The van der Waals surface area contributed by atoms with Gasteiger partial charge in [-0.1, -0.05) is 42.5 Å². The molecule has 5 heteroatoms. The number of benzene rings is 1. The molecule has 0 aliphatic carbocycles. The Bertz CT molecular complexity index is 795. The van der Waals surface area contributed by atoms with Crippen LogP contribution in [-0.4, -0.2) is 28.1 Å². The number of aromatic nitrogens is 3. The number of rotatable bonds is 7. The summed E-state index contributed by atoms with van der Waals surface area (Å²) in [6.45, 7) is 7.16. The first-order valence-corrected chi connectivity index (χ1v) is 7.61. The van der Waals surface area contributed by atoms with Gasteiger partial charge in [-0.25, -0.2) is 9.97 Å². The highest BCUT2D eigenvalue weighted by Gasteiger charge is 2.12. The molecule has 0 unspecified atom stereocenters. The fourth-order valence-electron chi connectivity index (χ4n) is 2.34. The zero-order valence-corrected chi connectivity index (χ0v) is 13.2. The van der Waals surface area contributed by atoms with Gasteiger partial charge in [-0.3, -0.25) is 0 Å². The van der Waals surface area contributed by atoms with Crippen molar-refractivity contribution in [3.05, 3.63) is 60.6 Å². The lowest BCUT2D eigenvalue weighted by Crippen LogP contribution is -2.05. The molecule has 0 aliphatic rings. The van der Waals surface area contributed by atoms with E-state index in [2.05, 4.69) is 39.0 Å². The van der Waals surface area contributed by atoms with Crippen LogP contribution < -0.4 is 10.1 Å². The number of nitrogens with one attached hydrogen (secondary N) is 2. The second-order valence-electron chi connectivity index (χ2n) is 5.50. The van der Waals surface area contributed by atoms with E-state index in [0.717, 1.165) is 28.7 Å². The summed E-state index contributed by atoms with van der Waals surface area (Å²) in [5.74, 6) is 0.594. The first-order valence-electron chi connectivity index (χ1n) is 7.61. The van der Waals surface area contributed by atoms with Gasteiger partial charge < -0.3 is 15.0 Å². The van der Waals surface area contributed by atoms with Crippen LogP contribution in [0.3, 0.4) is 0 Å². The lowest BCUT2D eigenvalue weighted by Gasteiger charge is -2.09. The van der Waals surface area contributed by atoms with E-state index < -0.39 is 0 Å². The van der Waals surface area contributed by atoms with E-state index in [0.29, 0.717) is 19.0 Å². The van der Waals surface area contributed by atoms with Gasteiger partial charge in [0.05, 0.1) is 12.3 Å². The first-order chi connectivity index (χ1) is 11.2. The van der Waals surface area contributed by atoms with Gasteiger partial charge in [0, 0.05) is 19.2 Å². The second kappa shape index (κ2) is 6.96. The van der Waals surface area contributed by atoms with Crippen LogP contribution in [0.5, 0.6) is 5.88 Å². The van der Waals surface area contributed by atoms with Crippen molar-refractivity contribution in [3.8, 4) is 5.88 Å². The number of H-pyrrole nitrogens is 1. The Hall–Kier alpha value is -2.82. The van der Waals surface area contributed by atoms with Gasteiger partial charge in [-0.05, 0) is 12.5 Å². The number of hydrogen-bond donors (Lipinski definition) is 2. The van der Waals surface area contributed by atoms with Crippen molar-refractivity contribution in [2.75, 3.05) is 18.5 Å². The molecule has 3 aromatic rings. The average molecular weight is 308 g/mol. The molecule has 0 fully saturated rings. The molecular weight excluding hydrogens is 288 g/mol. The number of ether oxygens (including phenoxy) is 1. The fraction of sp³-hybridized carbons (Fsp3) is 0.222. The summed E-state index contributed by atoms with van der Waals surface area (Å²) in [7, 11) is 0. The Labute approximate surface area is 135 Å². The minimum absolute atomic E-state index is 0.571. The molecule has 0 aliphatic heterocycles. The van der Waals surface area contributed by atoms with Crippen LogP contribution in [-0.2, 0) is 6.42 Å². The highest BCUT2D eigenvalue weighted by atomic mass is 16.5. The fourth-order valence-corrected chi connectivity index (χ4v) is 2.34. The van der Waals surface area contributed by atoms with Crippen LogP contribution in [0.1, 0.15) is 12.5 Å². The monoisotopic (exact) mass is 308 g/mol. The Morgan fingerprint density at radius 3 is 2.87 bits per heavy atom. The van der Waals surface area contributed by atoms with Crippen molar-refractivity contribution in [2.45, 2.75) is 13.3 Å². The van der Waals surface area contributed by atoms with Crippen LogP contribution in [0, 0.1) is 0 Å². The molecular formula is C18H20N4O. The maximum atomic E-state index is 5.90. The molecule has 118 valence electrons. The van der Waals surface area contributed by atoms with E-state index in [-0.39, 0.29) is 0 Å². The molecule has 2 aromatic heterocycles. The highest BCUT2D eigenvalue weighted by molar-refractivity contribution is 5.94. The molecule has 0 atom stereocenters. The average Bonchev–Trinajstić information content (AvgIpc) is 2.98. The molecule has 0 bridgehead atoms. The third-order valence-corrected chi connectivity index (χ3v) is 3.49. The van der Waals surface area contributed by atoms with E-state index >= 15 is 0 Å². The summed E-state index contributed by atoms with van der Waals surface area (Å²) in [5.41, 5.74) is 3.99. The summed E-state index contributed by atoms with van der Waals surface area (Å²) >= 11 is 0. The van der Waals surface area contributed by atoms with E-state index in [9.17, 15) is 0 Å². The van der Waals surface area contributed by atoms with Crippen molar-refractivity contribution in [3.63, 3.8) is 0 Å². The third kappa shape index (κ3) is 3.69. The molecule has 0 amide bonds. The zero-order chi connectivity index (χ0) is 16.1. The molecule has 5 nitrogen and oxygen atoms in total. The Morgan fingerprint density at radius 2 is 2.09 bits per heavy atom. The van der Waals surface area contributed by atoms with Crippen molar-refractivity contribution in [1.29, 1.82) is 0 Å². The van der Waals surface area contributed by atoms with Gasteiger partial charge in [0.2, 0.25) is 5.88 Å². The van der Waals surface area contributed by atoms with Crippen LogP contribution in [0.15, 0.2) is 55.0 Å². The van der Waals surface area contributed by atoms with Gasteiger partial charge >= 0.3 is 0 Å². The van der Waals surface area contributed by atoms with Gasteiger partial charge in [-0.2, -0.15) is 0 Å². The molecule has 3 rings (SSSR count). The van der Waals surface area contributed by atoms with Gasteiger partial charge in [0.1, 0.15) is 17.4 Å². The highest BCUT2D eigenvalue weighted by Crippen LogP contribution is 2.29. The third-order valence-electron chi connectivity index (χ3n) is 3.49. The normalized spacial score (nSPS) is 10.7. The number of nitrogens with zero attached hydrogens (tertiary/aromatic N) is 2.